The second-order valence-corrected chi connectivity index (χ2v) is 3.57. The Labute approximate surface area is 83.9 Å². The standard InChI is InChI=1S/C6H7N5S2/c1-12-6-10-4(8)3(13-2-7)5(9)11-6/h1H3,(H4,8,9,10,11). The lowest BCUT2D eigenvalue weighted by Crippen LogP contribution is -2.02. The van der Waals surface area contributed by atoms with Gasteiger partial charge in [-0.25, -0.2) is 9.97 Å². The van der Waals surface area contributed by atoms with Crippen molar-refractivity contribution in [3.8, 4) is 5.40 Å². The van der Waals surface area contributed by atoms with Crippen LogP contribution in [0.15, 0.2) is 10.1 Å². The number of thiocyanates is 1. The first-order valence-electron chi connectivity index (χ1n) is 3.22. The van der Waals surface area contributed by atoms with E-state index >= 15 is 0 Å². The second kappa shape index (κ2) is 4.20. The van der Waals surface area contributed by atoms with Crippen LogP contribution in [0.5, 0.6) is 0 Å². The molecule has 0 radical (unpaired) electrons. The Bertz CT molecular complexity index is 336. The van der Waals surface area contributed by atoms with Crippen molar-refractivity contribution in [3.63, 3.8) is 0 Å². The van der Waals surface area contributed by atoms with Crippen molar-refractivity contribution < 1.29 is 0 Å². The number of hydrogen-bond donors (Lipinski definition) is 2. The molecule has 0 saturated carbocycles. The second-order valence-electron chi connectivity index (χ2n) is 2.00. The maximum Gasteiger partial charge on any atom is 0.191 e. The fourth-order valence-electron chi connectivity index (χ4n) is 0.705. The summed E-state index contributed by atoms with van der Waals surface area (Å²) in [5.74, 6) is 0.506. The van der Waals surface area contributed by atoms with E-state index in [1.165, 1.54) is 11.8 Å². The van der Waals surface area contributed by atoms with Gasteiger partial charge in [0.05, 0.1) is 0 Å². The number of nitrogen functional groups attached to an aromatic ring is 2. The SMILES string of the molecule is CSc1nc(N)c(SC#N)c(N)n1. The quantitative estimate of drug-likeness (QED) is 0.428. The first-order chi connectivity index (χ1) is 6.19. The van der Waals surface area contributed by atoms with Gasteiger partial charge in [-0.05, 0) is 18.0 Å². The summed E-state index contributed by atoms with van der Waals surface area (Å²) in [4.78, 5) is 8.33. The lowest BCUT2D eigenvalue weighted by atomic mass is 10.5. The minimum absolute atomic E-state index is 0.253. The number of aromatic nitrogens is 2. The minimum atomic E-state index is 0.253. The molecule has 0 amide bonds. The predicted octanol–water partition coefficient (Wildman–Crippen LogP) is 0.936. The van der Waals surface area contributed by atoms with Gasteiger partial charge >= 0.3 is 0 Å². The van der Waals surface area contributed by atoms with E-state index in [0.29, 0.717) is 10.1 Å². The van der Waals surface area contributed by atoms with E-state index in [1.54, 1.807) is 0 Å². The minimum Gasteiger partial charge on any atom is -0.383 e. The molecule has 13 heavy (non-hydrogen) atoms. The van der Waals surface area contributed by atoms with Crippen LogP contribution in [-0.2, 0) is 0 Å². The van der Waals surface area contributed by atoms with Crippen molar-refractivity contribution in [1.82, 2.24) is 9.97 Å². The molecule has 68 valence electrons. The Hall–Kier alpha value is -1.13. The molecule has 0 bridgehead atoms. The topological polar surface area (TPSA) is 102 Å². The molecule has 1 aromatic rings. The largest absolute Gasteiger partial charge is 0.383 e. The molecule has 5 nitrogen and oxygen atoms in total. The first-order valence-corrected chi connectivity index (χ1v) is 5.26. The smallest absolute Gasteiger partial charge is 0.191 e. The van der Waals surface area contributed by atoms with E-state index in [-0.39, 0.29) is 11.6 Å². The molecule has 7 heteroatoms. The molecule has 1 rings (SSSR count). The van der Waals surface area contributed by atoms with Crippen LogP contribution in [0.4, 0.5) is 11.6 Å². The van der Waals surface area contributed by atoms with Crippen molar-refractivity contribution in [3.05, 3.63) is 0 Å². The summed E-state index contributed by atoms with van der Waals surface area (Å²) in [5.41, 5.74) is 11.1. The number of anilines is 2. The van der Waals surface area contributed by atoms with Gasteiger partial charge in [-0.15, -0.1) is 0 Å². The van der Waals surface area contributed by atoms with Crippen LogP contribution < -0.4 is 11.5 Å². The molecule has 0 aliphatic rings. The summed E-state index contributed by atoms with van der Waals surface area (Å²) in [6.07, 6.45) is 1.82. The van der Waals surface area contributed by atoms with Crippen LogP contribution in [0.25, 0.3) is 0 Å². The van der Waals surface area contributed by atoms with E-state index < -0.39 is 0 Å². The zero-order chi connectivity index (χ0) is 9.84. The molecule has 0 aromatic carbocycles. The molecule has 0 atom stereocenters. The molecule has 4 N–H and O–H groups in total. The highest BCUT2D eigenvalue weighted by molar-refractivity contribution is 8.04. The molecule has 0 aliphatic carbocycles. The van der Waals surface area contributed by atoms with Gasteiger partial charge in [-0.3, -0.25) is 0 Å². The fraction of sp³-hybridized carbons (Fsp3) is 0.167. The van der Waals surface area contributed by atoms with Gasteiger partial charge in [0, 0.05) is 0 Å². The summed E-state index contributed by atoms with van der Waals surface area (Å²) in [6, 6.07) is 0. The third-order valence-electron chi connectivity index (χ3n) is 1.23. The van der Waals surface area contributed by atoms with E-state index in [0.717, 1.165) is 11.8 Å². The van der Waals surface area contributed by atoms with E-state index in [1.807, 2.05) is 11.7 Å². The monoisotopic (exact) mass is 213 g/mol. The zero-order valence-corrected chi connectivity index (χ0v) is 8.45. The summed E-state index contributed by atoms with van der Waals surface area (Å²) >= 11 is 2.22. The Morgan fingerprint density at radius 1 is 1.31 bits per heavy atom. The fourth-order valence-corrected chi connectivity index (χ4v) is 1.48. The third-order valence-corrected chi connectivity index (χ3v) is 2.49. The molecule has 0 unspecified atom stereocenters. The number of nitrogens with zero attached hydrogens (tertiary/aromatic N) is 3. The van der Waals surface area contributed by atoms with Gasteiger partial charge in [0.25, 0.3) is 0 Å². The molecular formula is C6H7N5S2. The number of nitriles is 1. The van der Waals surface area contributed by atoms with Gasteiger partial charge in [0.1, 0.15) is 21.9 Å². The molecule has 0 saturated heterocycles. The Balaban J connectivity index is 3.16. The van der Waals surface area contributed by atoms with Crippen LogP contribution in [0.2, 0.25) is 0 Å². The van der Waals surface area contributed by atoms with Crippen LogP contribution in [0, 0.1) is 10.7 Å². The predicted molar refractivity (Wildman–Crippen MR) is 54.1 cm³/mol. The van der Waals surface area contributed by atoms with Gasteiger partial charge in [-0.1, -0.05) is 11.8 Å². The lowest BCUT2D eigenvalue weighted by molar-refractivity contribution is 0.957. The highest BCUT2D eigenvalue weighted by Crippen LogP contribution is 2.29. The van der Waals surface area contributed by atoms with Crippen LogP contribution in [0.3, 0.4) is 0 Å². The molecule has 1 heterocycles. The third kappa shape index (κ3) is 2.17. The maximum absolute atomic E-state index is 8.44. The number of rotatable bonds is 2. The van der Waals surface area contributed by atoms with Gasteiger partial charge in [-0.2, -0.15) is 5.26 Å². The van der Waals surface area contributed by atoms with Gasteiger partial charge in [0.15, 0.2) is 5.16 Å². The molecular weight excluding hydrogens is 206 g/mol. The van der Waals surface area contributed by atoms with E-state index in [9.17, 15) is 0 Å². The first kappa shape index (κ1) is 9.95. The highest BCUT2D eigenvalue weighted by atomic mass is 32.2. The number of thioether (sulfide) groups is 2. The van der Waals surface area contributed by atoms with Crippen molar-refractivity contribution in [1.29, 1.82) is 5.26 Å². The van der Waals surface area contributed by atoms with Crippen molar-refractivity contribution in [2.75, 3.05) is 17.7 Å². The van der Waals surface area contributed by atoms with Crippen LogP contribution >= 0.6 is 23.5 Å². The van der Waals surface area contributed by atoms with E-state index in [2.05, 4.69) is 9.97 Å². The molecule has 0 fully saturated rings. The Morgan fingerprint density at radius 2 is 1.85 bits per heavy atom. The van der Waals surface area contributed by atoms with Crippen LogP contribution in [-0.4, -0.2) is 16.2 Å². The van der Waals surface area contributed by atoms with Crippen LogP contribution in [0.1, 0.15) is 0 Å². The zero-order valence-electron chi connectivity index (χ0n) is 6.81. The lowest BCUT2D eigenvalue weighted by Gasteiger charge is -2.04. The molecule has 0 aliphatic heterocycles. The average molecular weight is 213 g/mol. The number of hydrogen-bond acceptors (Lipinski definition) is 7. The van der Waals surface area contributed by atoms with Gasteiger partial charge in [0.2, 0.25) is 0 Å². The summed E-state index contributed by atoms with van der Waals surface area (Å²) in [7, 11) is 0. The Kier molecular flexibility index (Phi) is 3.22. The van der Waals surface area contributed by atoms with Crippen molar-refractivity contribution in [2.45, 2.75) is 10.1 Å². The van der Waals surface area contributed by atoms with Crippen molar-refractivity contribution in [2.24, 2.45) is 0 Å². The normalized spacial score (nSPS) is 9.54. The summed E-state index contributed by atoms with van der Waals surface area (Å²) < 4.78 is 0. The summed E-state index contributed by atoms with van der Waals surface area (Å²) in [6.45, 7) is 0. The molecule has 0 spiro atoms. The van der Waals surface area contributed by atoms with Crippen molar-refractivity contribution >= 4 is 35.2 Å². The average Bonchev–Trinajstić information content (AvgIpc) is 2.11. The number of nitrogens with two attached hydrogens (primary N) is 2. The highest BCUT2D eigenvalue weighted by Gasteiger charge is 2.09. The van der Waals surface area contributed by atoms with E-state index in [4.69, 9.17) is 16.7 Å². The van der Waals surface area contributed by atoms with Gasteiger partial charge < -0.3 is 11.5 Å². The molecule has 1 aromatic heterocycles. The maximum atomic E-state index is 8.44. The summed E-state index contributed by atoms with van der Waals surface area (Å²) in [5, 5.41) is 10.8. The Morgan fingerprint density at radius 3 is 2.23 bits per heavy atom.